The van der Waals surface area contributed by atoms with Crippen molar-refractivity contribution in [3.8, 4) is 5.75 Å². The Morgan fingerprint density at radius 3 is 2.44 bits per heavy atom. The van der Waals surface area contributed by atoms with Gasteiger partial charge in [-0.25, -0.2) is 14.6 Å². The summed E-state index contributed by atoms with van der Waals surface area (Å²) in [6.07, 6.45) is 1.77. The Balaban J connectivity index is 1.71. The van der Waals surface area contributed by atoms with Crippen LogP contribution in [-0.2, 0) is 19.1 Å². The van der Waals surface area contributed by atoms with Gasteiger partial charge >= 0.3 is 11.9 Å². The molecule has 9 heteroatoms. The fraction of sp³-hybridized carbons (Fsp3) is 0.250. The number of hydrogen-bond acceptors (Lipinski definition) is 8. The molecule has 1 aliphatic rings. The number of aryl methyl sites for hydroxylation is 1. The van der Waals surface area contributed by atoms with E-state index in [0.717, 1.165) is 21.9 Å². The van der Waals surface area contributed by atoms with Gasteiger partial charge in [0.05, 0.1) is 35.1 Å². The van der Waals surface area contributed by atoms with Crippen molar-refractivity contribution < 1.29 is 23.8 Å². The second kappa shape index (κ2) is 11.9. The first-order valence-corrected chi connectivity index (χ1v) is 14.2. The number of hydrogen-bond donors (Lipinski definition) is 0. The highest BCUT2D eigenvalue weighted by Gasteiger charge is 2.33. The van der Waals surface area contributed by atoms with E-state index < -0.39 is 18.0 Å². The number of allylic oxidation sites excluding steroid dienone is 1. The zero-order chi connectivity index (χ0) is 29.1. The first kappa shape index (κ1) is 28.0. The number of thiazole rings is 1. The van der Waals surface area contributed by atoms with Crippen LogP contribution in [0.15, 0.2) is 81.7 Å². The minimum atomic E-state index is -0.694. The van der Waals surface area contributed by atoms with Crippen molar-refractivity contribution >= 4 is 40.1 Å². The summed E-state index contributed by atoms with van der Waals surface area (Å²) in [6, 6.07) is 18.5. The highest BCUT2D eigenvalue weighted by atomic mass is 32.1. The van der Waals surface area contributed by atoms with Crippen LogP contribution in [0, 0.1) is 6.92 Å². The van der Waals surface area contributed by atoms with E-state index in [0.29, 0.717) is 31.9 Å². The molecule has 0 fully saturated rings. The van der Waals surface area contributed by atoms with Crippen molar-refractivity contribution in [1.82, 2.24) is 4.57 Å². The van der Waals surface area contributed by atoms with Crippen LogP contribution in [0.4, 0.5) is 0 Å². The summed E-state index contributed by atoms with van der Waals surface area (Å²) in [5.74, 6) is -0.538. The molecule has 1 aromatic heterocycles. The molecule has 41 heavy (non-hydrogen) atoms. The van der Waals surface area contributed by atoms with Crippen LogP contribution in [0.1, 0.15) is 43.5 Å². The van der Waals surface area contributed by atoms with Gasteiger partial charge in [0.15, 0.2) is 11.4 Å². The third kappa shape index (κ3) is 5.58. The van der Waals surface area contributed by atoms with E-state index in [-0.39, 0.29) is 25.4 Å². The van der Waals surface area contributed by atoms with Gasteiger partial charge in [0, 0.05) is 5.56 Å². The molecule has 2 heterocycles. The maximum Gasteiger partial charge on any atom is 0.344 e. The second-order valence-corrected chi connectivity index (χ2v) is 10.5. The number of benzene rings is 3. The Labute approximate surface area is 240 Å². The fourth-order valence-electron chi connectivity index (χ4n) is 4.88. The van der Waals surface area contributed by atoms with Gasteiger partial charge < -0.3 is 14.2 Å². The number of carbonyl (C=O) groups excluding carboxylic acids is 2. The van der Waals surface area contributed by atoms with Crippen molar-refractivity contribution in [2.24, 2.45) is 4.99 Å². The van der Waals surface area contributed by atoms with E-state index >= 15 is 0 Å². The van der Waals surface area contributed by atoms with Gasteiger partial charge in [-0.1, -0.05) is 71.5 Å². The number of nitrogens with zero attached hydrogens (tertiary/aromatic N) is 2. The summed E-state index contributed by atoms with van der Waals surface area (Å²) >= 11 is 1.23. The molecular formula is C32H30N2O6S. The largest absolute Gasteiger partial charge is 0.481 e. The number of esters is 2. The average Bonchev–Trinajstić information content (AvgIpc) is 3.26. The summed E-state index contributed by atoms with van der Waals surface area (Å²) in [5.41, 5.74) is 3.04. The van der Waals surface area contributed by atoms with Crippen LogP contribution in [0.25, 0.3) is 16.8 Å². The van der Waals surface area contributed by atoms with E-state index in [1.165, 1.54) is 11.3 Å². The lowest BCUT2D eigenvalue weighted by atomic mass is 9.95. The van der Waals surface area contributed by atoms with Gasteiger partial charge in [0.25, 0.3) is 5.56 Å². The summed E-state index contributed by atoms with van der Waals surface area (Å²) in [4.78, 5) is 44.4. The zero-order valence-electron chi connectivity index (χ0n) is 23.3. The molecule has 0 N–H and O–H groups in total. The van der Waals surface area contributed by atoms with Crippen molar-refractivity contribution in [1.29, 1.82) is 0 Å². The maximum atomic E-state index is 14.1. The van der Waals surface area contributed by atoms with E-state index in [2.05, 4.69) is 4.99 Å². The molecule has 0 radical (unpaired) electrons. The molecule has 0 aliphatic carbocycles. The van der Waals surface area contributed by atoms with Gasteiger partial charge in [0.2, 0.25) is 0 Å². The lowest BCUT2D eigenvalue weighted by Gasteiger charge is -2.24. The van der Waals surface area contributed by atoms with Crippen LogP contribution >= 0.6 is 11.3 Å². The van der Waals surface area contributed by atoms with Crippen molar-refractivity contribution in [2.45, 2.75) is 33.7 Å². The van der Waals surface area contributed by atoms with Crippen LogP contribution in [-0.4, -0.2) is 36.3 Å². The highest BCUT2D eigenvalue weighted by molar-refractivity contribution is 7.07. The first-order chi connectivity index (χ1) is 19.8. The molecule has 1 aliphatic heterocycles. The van der Waals surface area contributed by atoms with E-state index in [9.17, 15) is 14.4 Å². The third-order valence-electron chi connectivity index (χ3n) is 6.77. The summed E-state index contributed by atoms with van der Waals surface area (Å²) < 4.78 is 18.2. The van der Waals surface area contributed by atoms with Crippen molar-refractivity contribution in [2.75, 3.05) is 19.8 Å². The van der Waals surface area contributed by atoms with Crippen LogP contribution < -0.4 is 19.6 Å². The van der Waals surface area contributed by atoms with Gasteiger partial charge in [-0.15, -0.1) is 0 Å². The first-order valence-electron chi connectivity index (χ1n) is 13.4. The Morgan fingerprint density at radius 2 is 1.71 bits per heavy atom. The summed E-state index contributed by atoms with van der Waals surface area (Å²) in [6.45, 7) is 7.42. The number of rotatable bonds is 8. The predicted molar refractivity (Wildman–Crippen MR) is 158 cm³/mol. The second-order valence-electron chi connectivity index (χ2n) is 9.51. The normalized spacial score (nSPS) is 14.9. The van der Waals surface area contributed by atoms with Crippen molar-refractivity contribution in [3.63, 3.8) is 0 Å². The molecule has 0 saturated heterocycles. The molecule has 1 atom stereocenters. The smallest absolute Gasteiger partial charge is 0.344 e. The van der Waals surface area contributed by atoms with Gasteiger partial charge in [-0.05, 0) is 56.2 Å². The molecule has 5 rings (SSSR count). The monoisotopic (exact) mass is 570 g/mol. The molecule has 0 spiro atoms. The summed E-state index contributed by atoms with van der Waals surface area (Å²) in [7, 11) is 0. The molecule has 0 saturated carbocycles. The molecule has 210 valence electrons. The topological polar surface area (TPSA) is 96.2 Å². The van der Waals surface area contributed by atoms with E-state index in [4.69, 9.17) is 14.2 Å². The Bertz CT molecular complexity index is 1850. The molecular weight excluding hydrogens is 540 g/mol. The Morgan fingerprint density at radius 1 is 0.976 bits per heavy atom. The number of carbonyl (C=O) groups is 2. The van der Waals surface area contributed by atoms with Gasteiger partial charge in [-0.3, -0.25) is 9.36 Å². The third-order valence-corrected chi connectivity index (χ3v) is 7.75. The highest BCUT2D eigenvalue weighted by Crippen LogP contribution is 2.32. The maximum absolute atomic E-state index is 14.1. The zero-order valence-corrected chi connectivity index (χ0v) is 24.1. The van der Waals surface area contributed by atoms with E-state index in [1.54, 1.807) is 37.5 Å². The molecule has 4 aromatic rings. The predicted octanol–water partition coefficient (Wildman–Crippen LogP) is 4.20. The Kier molecular flexibility index (Phi) is 8.16. The SMILES string of the molecule is CCOC(=O)COc1ccc2ccccc2c1/C=c1\sc2n(c1=O)[C@H](c1ccc(C)cc1)C(C(=O)OCC)=C(C)N=2. The van der Waals surface area contributed by atoms with E-state index in [1.807, 2.05) is 61.5 Å². The lowest BCUT2D eigenvalue weighted by Crippen LogP contribution is -2.39. The molecule has 0 unspecified atom stereocenters. The molecule has 0 bridgehead atoms. The fourth-order valence-corrected chi connectivity index (χ4v) is 5.90. The van der Waals surface area contributed by atoms with Gasteiger partial charge in [0.1, 0.15) is 5.75 Å². The quantitative estimate of drug-likeness (QED) is 0.295. The minimum absolute atomic E-state index is 0.205. The summed E-state index contributed by atoms with van der Waals surface area (Å²) in [5, 5.41) is 1.81. The molecule has 8 nitrogen and oxygen atoms in total. The molecule has 0 amide bonds. The number of fused-ring (bicyclic) bond motifs is 2. The van der Waals surface area contributed by atoms with Crippen LogP contribution in [0.5, 0.6) is 5.75 Å². The lowest BCUT2D eigenvalue weighted by molar-refractivity contribution is -0.145. The van der Waals surface area contributed by atoms with Crippen LogP contribution in [0.2, 0.25) is 0 Å². The standard InChI is InChI=1S/C32H30N2O6S/c1-5-38-27(35)18-40-25-16-15-21-9-7-8-10-23(21)24(25)17-26-30(36)34-29(22-13-11-19(3)12-14-22)28(31(37)39-6-2)20(4)33-32(34)41-26/h7-17,29H,5-6,18H2,1-4H3/b26-17-/t29-/m1/s1. The number of aromatic nitrogens is 1. The average molecular weight is 571 g/mol. The van der Waals surface area contributed by atoms with Crippen LogP contribution in [0.3, 0.4) is 0 Å². The molecule has 3 aromatic carbocycles. The number of ether oxygens (including phenoxy) is 3. The Hall–Kier alpha value is -4.50. The minimum Gasteiger partial charge on any atom is -0.481 e. The van der Waals surface area contributed by atoms with Gasteiger partial charge in [-0.2, -0.15) is 0 Å². The van der Waals surface area contributed by atoms with Crippen molar-refractivity contribution in [3.05, 3.63) is 108 Å².